The van der Waals surface area contributed by atoms with Gasteiger partial charge in [0.05, 0.1) is 24.4 Å². The molecule has 28 heavy (non-hydrogen) atoms. The highest BCUT2D eigenvalue weighted by molar-refractivity contribution is 6.62. The average Bonchev–Trinajstić information content (AvgIpc) is 2.87. The second kappa shape index (κ2) is 7.87. The molecule has 3 rings (SSSR count). The van der Waals surface area contributed by atoms with Crippen molar-refractivity contribution in [3.8, 4) is 5.75 Å². The predicted octanol–water partition coefficient (Wildman–Crippen LogP) is 2.86. The third-order valence-electron chi connectivity index (χ3n) is 5.62. The van der Waals surface area contributed by atoms with E-state index in [-0.39, 0.29) is 31.5 Å². The summed E-state index contributed by atoms with van der Waals surface area (Å²) in [7, 11) is -0.390. The van der Waals surface area contributed by atoms with Crippen LogP contribution in [0.2, 0.25) is 0 Å². The minimum absolute atomic E-state index is 0.134. The van der Waals surface area contributed by atoms with Crippen molar-refractivity contribution in [1.29, 1.82) is 0 Å². The quantitative estimate of drug-likeness (QED) is 0.750. The lowest BCUT2D eigenvalue weighted by atomic mass is 9.79. The van der Waals surface area contributed by atoms with Gasteiger partial charge in [-0.3, -0.25) is 0 Å². The van der Waals surface area contributed by atoms with Gasteiger partial charge in [-0.1, -0.05) is 42.0 Å². The monoisotopic (exact) mass is 384 g/mol. The minimum atomic E-state index is -0.390. The van der Waals surface area contributed by atoms with Crippen LogP contribution in [0.1, 0.15) is 49.9 Å². The first kappa shape index (κ1) is 20.9. The SMILES string of the molecule is Cc1cc(CO)c(OCc2ccc(B3OC(C)(C)C(C)(C)O3)cc2)c(CO)c1. The van der Waals surface area contributed by atoms with Gasteiger partial charge in [-0.05, 0) is 45.6 Å². The molecule has 0 unspecified atom stereocenters. The van der Waals surface area contributed by atoms with Crippen molar-refractivity contribution >= 4 is 12.6 Å². The van der Waals surface area contributed by atoms with Crippen molar-refractivity contribution in [1.82, 2.24) is 0 Å². The number of aliphatic hydroxyl groups excluding tert-OH is 2. The molecule has 1 fully saturated rings. The molecule has 150 valence electrons. The Morgan fingerprint density at radius 1 is 0.893 bits per heavy atom. The fourth-order valence-electron chi connectivity index (χ4n) is 3.25. The molecule has 0 aliphatic carbocycles. The maximum atomic E-state index is 9.61. The number of benzene rings is 2. The summed E-state index contributed by atoms with van der Waals surface area (Å²) >= 11 is 0. The minimum Gasteiger partial charge on any atom is -0.488 e. The van der Waals surface area contributed by atoms with Crippen LogP contribution in [0.3, 0.4) is 0 Å². The molecule has 0 aromatic heterocycles. The van der Waals surface area contributed by atoms with Crippen molar-refractivity contribution < 1.29 is 24.3 Å². The van der Waals surface area contributed by atoms with Crippen LogP contribution in [0.25, 0.3) is 0 Å². The molecule has 1 aliphatic rings. The Morgan fingerprint density at radius 3 is 1.86 bits per heavy atom. The fraction of sp³-hybridized carbons (Fsp3) is 0.455. The molecule has 5 nitrogen and oxygen atoms in total. The van der Waals surface area contributed by atoms with Gasteiger partial charge < -0.3 is 24.3 Å². The Morgan fingerprint density at radius 2 is 1.39 bits per heavy atom. The van der Waals surface area contributed by atoms with E-state index in [1.54, 1.807) is 0 Å². The Kier molecular flexibility index (Phi) is 5.87. The summed E-state index contributed by atoms with van der Waals surface area (Å²) in [5, 5.41) is 19.2. The fourth-order valence-corrected chi connectivity index (χ4v) is 3.25. The molecule has 6 heteroatoms. The van der Waals surface area contributed by atoms with Crippen LogP contribution in [0.4, 0.5) is 0 Å². The molecule has 1 saturated heterocycles. The highest BCUT2D eigenvalue weighted by Crippen LogP contribution is 2.36. The summed E-state index contributed by atoms with van der Waals surface area (Å²) < 4.78 is 18.1. The Hall–Kier alpha value is -1.86. The zero-order valence-electron chi connectivity index (χ0n) is 17.3. The Balaban J connectivity index is 1.71. The number of aryl methyl sites for hydroxylation is 1. The van der Waals surface area contributed by atoms with Gasteiger partial charge in [-0.2, -0.15) is 0 Å². The van der Waals surface area contributed by atoms with E-state index in [1.165, 1.54) is 0 Å². The van der Waals surface area contributed by atoms with Gasteiger partial charge in [0.1, 0.15) is 12.4 Å². The van der Waals surface area contributed by atoms with Crippen molar-refractivity contribution in [2.45, 2.75) is 65.6 Å². The van der Waals surface area contributed by atoms with Crippen LogP contribution in [-0.4, -0.2) is 28.5 Å². The second-order valence-corrected chi connectivity index (χ2v) is 8.35. The zero-order chi connectivity index (χ0) is 20.5. The van der Waals surface area contributed by atoms with Crippen LogP contribution in [-0.2, 0) is 29.1 Å². The second-order valence-electron chi connectivity index (χ2n) is 8.35. The maximum absolute atomic E-state index is 9.61. The van der Waals surface area contributed by atoms with Crippen molar-refractivity contribution in [3.05, 3.63) is 58.7 Å². The first-order valence-electron chi connectivity index (χ1n) is 9.58. The number of aliphatic hydroxyl groups is 2. The van der Waals surface area contributed by atoms with Gasteiger partial charge in [0.25, 0.3) is 0 Å². The molecule has 0 bridgehead atoms. The lowest BCUT2D eigenvalue weighted by Gasteiger charge is -2.32. The molecular formula is C22H29BO5. The molecule has 0 atom stereocenters. The smallest absolute Gasteiger partial charge is 0.488 e. The number of hydrogen-bond donors (Lipinski definition) is 2. The van der Waals surface area contributed by atoms with Crippen molar-refractivity contribution in [2.24, 2.45) is 0 Å². The Labute approximate surface area is 167 Å². The third kappa shape index (κ3) is 4.10. The highest BCUT2D eigenvalue weighted by Gasteiger charge is 2.51. The molecule has 2 aromatic carbocycles. The summed E-state index contributed by atoms with van der Waals surface area (Å²) in [6.07, 6.45) is 0. The summed E-state index contributed by atoms with van der Waals surface area (Å²) in [6.45, 7) is 10.1. The standard InChI is InChI=1S/C22H29BO5/c1-15-10-17(12-24)20(18(11-15)13-25)26-14-16-6-8-19(9-7-16)23-27-21(2,3)22(4,5)28-23/h6-11,24-25H,12-14H2,1-5H3. The predicted molar refractivity (Wildman–Crippen MR) is 110 cm³/mol. The summed E-state index contributed by atoms with van der Waals surface area (Å²) in [4.78, 5) is 0. The summed E-state index contributed by atoms with van der Waals surface area (Å²) in [5.74, 6) is 0.547. The normalized spacial score (nSPS) is 17.8. The molecule has 0 saturated carbocycles. The summed E-state index contributed by atoms with van der Waals surface area (Å²) in [5.41, 5.74) is 3.54. The van der Waals surface area contributed by atoms with E-state index in [9.17, 15) is 10.2 Å². The van der Waals surface area contributed by atoms with E-state index in [4.69, 9.17) is 14.0 Å². The van der Waals surface area contributed by atoms with Gasteiger partial charge in [-0.15, -0.1) is 0 Å². The van der Waals surface area contributed by atoms with Gasteiger partial charge in [0.15, 0.2) is 0 Å². The van der Waals surface area contributed by atoms with E-state index in [1.807, 2.05) is 71.0 Å². The van der Waals surface area contributed by atoms with Crippen LogP contribution in [0, 0.1) is 6.92 Å². The van der Waals surface area contributed by atoms with E-state index in [2.05, 4.69) is 0 Å². The first-order valence-corrected chi connectivity index (χ1v) is 9.58. The van der Waals surface area contributed by atoms with Gasteiger partial charge in [-0.25, -0.2) is 0 Å². The summed E-state index contributed by atoms with van der Waals surface area (Å²) in [6, 6.07) is 11.7. The molecule has 2 aromatic rings. The third-order valence-corrected chi connectivity index (χ3v) is 5.62. The lowest BCUT2D eigenvalue weighted by Crippen LogP contribution is -2.41. The average molecular weight is 384 g/mol. The first-order chi connectivity index (χ1) is 13.2. The number of rotatable bonds is 6. The van der Waals surface area contributed by atoms with Gasteiger partial charge in [0, 0.05) is 11.1 Å². The van der Waals surface area contributed by atoms with E-state index in [0.29, 0.717) is 23.5 Å². The van der Waals surface area contributed by atoms with Crippen LogP contribution >= 0.6 is 0 Å². The lowest BCUT2D eigenvalue weighted by molar-refractivity contribution is 0.00578. The Bertz CT molecular complexity index is 788. The molecule has 0 radical (unpaired) electrons. The van der Waals surface area contributed by atoms with Crippen LogP contribution in [0.15, 0.2) is 36.4 Å². The number of hydrogen-bond acceptors (Lipinski definition) is 5. The van der Waals surface area contributed by atoms with Crippen molar-refractivity contribution in [2.75, 3.05) is 0 Å². The van der Waals surface area contributed by atoms with Gasteiger partial charge in [0.2, 0.25) is 0 Å². The van der Waals surface area contributed by atoms with E-state index in [0.717, 1.165) is 16.6 Å². The highest BCUT2D eigenvalue weighted by atomic mass is 16.7. The molecule has 1 heterocycles. The van der Waals surface area contributed by atoms with Crippen LogP contribution in [0.5, 0.6) is 5.75 Å². The molecule has 2 N–H and O–H groups in total. The van der Waals surface area contributed by atoms with E-state index >= 15 is 0 Å². The van der Waals surface area contributed by atoms with Crippen molar-refractivity contribution in [3.63, 3.8) is 0 Å². The molecule has 0 amide bonds. The number of ether oxygens (including phenoxy) is 1. The molecule has 1 aliphatic heterocycles. The van der Waals surface area contributed by atoms with E-state index < -0.39 is 0 Å². The maximum Gasteiger partial charge on any atom is 0.494 e. The molecular weight excluding hydrogens is 355 g/mol. The van der Waals surface area contributed by atoms with Crippen LogP contribution < -0.4 is 10.2 Å². The topological polar surface area (TPSA) is 68.2 Å². The largest absolute Gasteiger partial charge is 0.494 e. The molecule has 0 spiro atoms. The van der Waals surface area contributed by atoms with Gasteiger partial charge >= 0.3 is 7.12 Å². The zero-order valence-corrected chi connectivity index (χ0v) is 17.3.